The molecule has 2 rings (SSSR count). The summed E-state index contributed by atoms with van der Waals surface area (Å²) in [4.78, 5) is 0. The van der Waals surface area contributed by atoms with E-state index in [0.29, 0.717) is 5.92 Å². The SMILES string of the molecule is OC(C1CCCCCC1)C1(O)CCCCCC1. The first-order valence-corrected chi connectivity index (χ1v) is 7.63. The van der Waals surface area contributed by atoms with Crippen molar-refractivity contribution >= 4 is 0 Å². The summed E-state index contributed by atoms with van der Waals surface area (Å²) in [6.45, 7) is 0. The summed E-state index contributed by atoms with van der Waals surface area (Å²) in [5, 5.41) is 21.3. The third-order valence-electron chi connectivity index (χ3n) is 4.87. The fourth-order valence-corrected chi connectivity index (χ4v) is 3.70. The second kappa shape index (κ2) is 6.19. The van der Waals surface area contributed by atoms with Crippen molar-refractivity contribution in [1.29, 1.82) is 0 Å². The van der Waals surface area contributed by atoms with E-state index in [9.17, 15) is 10.2 Å². The zero-order valence-corrected chi connectivity index (χ0v) is 11.0. The Bertz CT molecular complexity index is 211. The van der Waals surface area contributed by atoms with Crippen LogP contribution >= 0.6 is 0 Å². The monoisotopic (exact) mass is 240 g/mol. The Morgan fingerprint density at radius 2 is 1.24 bits per heavy atom. The summed E-state index contributed by atoms with van der Waals surface area (Å²) in [7, 11) is 0. The van der Waals surface area contributed by atoms with Crippen molar-refractivity contribution < 1.29 is 10.2 Å². The molecule has 1 atom stereocenters. The Morgan fingerprint density at radius 3 is 1.76 bits per heavy atom. The highest BCUT2D eigenvalue weighted by Gasteiger charge is 2.40. The van der Waals surface area contributed by atoms with E-state index in [1.54, 1.807) is 0 Å². The van der Waals surface area contributed by atoms with Crippen molar-refractivity contribution in [1.82, 2.24) is 0 Å². The van der Waals surface area contributed by atoms with Gasteiger partial charge < -0.3 is 10.2 Å². The van der Waals surface area contributed by atoms with Crippen LogP contribution < -0.4 is 0 Å². The molecule has 0 aromatic carbocycles. The molecule has 1 unspecified atom stereocenters. The molecule has 100 valence electrons. The van der Waals surface area contributed by atoms with Gasteiger partial charge in [-0.3, -0.25) is 0 Å². The van der Waals surface area contributed by atoms with Crippen molar-refractivity contribution in [3.05, 3.63) is 0 Å². The summed E-state index contributed by atoms with van der Waals surface area (Å²) in [5.74, 6) is 0.348. The van der Waals surface area contributed by atoms with Gasteiger partial charge in [-0.15, -0.1) is 0 Å². The van der Waals surface area contributed by atoms with E-state index in [1.807, 2.05) is 0 Å². The van der Waals surface area contributed by atoms with Gasteiger partial charge in [-0.05, 0) is 31.6 Å². The van der Waals surface area contributed by atoms with Gasteiger partial charge in [0.25, 0.3) is 0 Å². The average molecular weight is 240 g/mol. The Hall–Kier alpha value is -0.0800. The summed E-state index contributed by atoms with van der Waals surface area (Å²) in [5.41, 5.74) is -0.772. The van der Waals surface area contributed by atoms with Gasteiger partial charge in [0.2, 0.25) is 0 Å². The molecule has 0 aromatic rings. The van der Waals surface area contributed by atoms with Crippen LogP contribution in [0.3, 0.4) is 0 Å². The number of rotatable bonds is 2. The van der Waals surface area contributed by atoms with Crippen LogP contribution in [0.4, 0.5) is 0 Å². The first-order valence-electron chi connectivity index (χ1n) is 7.63. The molecule has 0 radical (unpaired) electrons. The average Bonchev–Trinajstić information content (AvgIpc) is 2.71. The van der Waals surface area contributed by atoms with Crippen LogP contribution in [0.2, 0.25) is 0 Å². The van der Waals surface area contributed by atoms with Crippen LogP contribution in [0.15, 0.2) is 0 Å². The van der Waals surface area contributed by atoms with Gasteiger partial charge in [0.15, 0.2) is 0 Å². The van der Waals surface area contributed by atoms with Gasteiger partial charge in [-0.25, -0.2) is 0 Å². The molecule has 2 N–H and O–H groups in total. The lowest BCUT2D eigenvalue weighted by atomic mass is 9.78. The lowest BCUT2D eigenvalue weighted by molar-refractivity contribution is -0.111. The van der Waals surface area contributed by atoms with E-state index in [4.69, 9.17) is 0 Å². The van der Waals surface area contributed by atoms with Crippen LogP contribution in [-0.4, -0.2) is 21.9 Å². The van der Waals surface area contributed by atoms with Crippen molar-refractivity contribution in [3.8, 4) is 0 Å². The molecule has 2 saturated carbocycles. The molecule has 0 amide bonds. The van der Waals surface area contributed by atoms with Gasteiger partial charge in [0, 0.05) is 0 Å². The number of aliphatic hydroxyl groups is 2. The fourth-order valence-electron chi connectivity index (χ4n) is 3.70. The molecule has 17 heavy (non-hydrogen) atoms. The topological polar surface area (TPSA) is 40.5 Å². The maximum absolute atomic E-state index is 10.7. The Balaban J connectivity index is 1.97. The molecule has 2 aliphatic rings. The van der Waals surface area contributed by atoms with Crippen molar-refractivity contribution in [3.63, 3.8) is 0 Å². The van der Waals surface area contributed by atoms with E-state index in [-0.39, 0.29) is 0 Å². The smallest absolute Gasteiger partial charge is 0.0908 e. The molecular formula is C15H28O2. The minimum atomic E-state index is -0.772. The molecule has 0 aromatic heterocycles. The Morgan fingerprint density at radius 1 is 0.765 bits per heavy atom. The molecular weight excluding hydrogens is 212 g/mol. The van der Waals surface area contributed by atoms with Crippen LogP contribution in [0, 0.1) is 5.92 Å². The van der Waals surface area contributed by atoms with E-state index in [2.05, 4.69) is 0 Å². The highest BCUT2D eigenvalue weighted by molar-refractivity contribution is 4.92. The summed E-state index contributed by atoms with van der Waals surface area (Å²) in [6.07, 6.45) is 13.1. The minimum absolute atomic E-state index is 0.348. The Labute approximate surface area is 105 Å². The number of aliphatic hydroxyl groups excluding tert-OH is 1. The Kier molecular flexibility index (Phi) is 4.87. The van der Waals surface area contributed by atoms with Gasteiger partial charge in [-0.1, -0.05) is 51.4 Å². The normalized spacial score (nSPS) is 29.3. The molecule has 0 spiro atoms. The van der Waals surface area contributed by atoms with Crippen LogP contribution in [0.5, 0.6) is 0 Å². The summed E-state index contributed by atoms with van der Waals surface area (Å²) in [6, 6.07) is 0. The zero-order valence-electron chi connectivity index (χ0n) is 11.0. The van der Waals surface area contributed by atoms with Gasteiger partial charge in [0.1, 0.15) is 0 Å². The third kappa shape index (κ3) is 3.45. The number of hydrogen-bond acceptors (Lipinski definition) is 2. The standard InChI is InChI=1S/C15H28O2/c16-14(13-9-5-1-2-6-10-13)15(17)11-7-3-4-8-12-15/h13-14,16-17H,1-12H2. The quantitative estimate of drug-likeness (QED) is 0.726. The summed E-state index contributed by atoms with van der Waals surface area (Å²) >= 11 is 0. The molecule has 2 aliphatic carbocycles. The molecule has 0 aliphatic heterocycles. The van der Waals surface area contributed by atoms with Crippen molar-refractivity contribution in [2.45, 2.75) is 88.8 Å². The van der Waals surface area contributed by atoms with Gasteiger partial charge >= 0.3 is 0 Å². The van der Waals surface area contributed by atoms with E-state index >= 15 is 0 Å². The second-order valence-electron chi connectivity index (χ2n) is 6.21. The van der Waals surface area contributed by atoms with Crippen LogP contribution in [0.1, 0.15) is 77.0 Å². The molecule has 2 heteroatoms. The van der Waals surface area contributed by atoms with Crippen molar-refractivity contribution in [2.75, 3.05) is 0 Å². The summed E-state index contributed by atoms with van der Waals surface area (Å²) < 4.78 is 0. The van der Waals surface area contributed by atoms with E-state index in [0.717, 1.165) is 38.5 Å². The largest absolute Gasteiger partial charge is 0.390 e. The molecule has 0 heterocycles. The predicted molar refractivity (Wildman–Crippen MR) is 69.9 cm³/mol. The second-order valence-corrected chi connectivity index (χ2v) is 6.21. The van der Waals surface area contributed by atoms with Crippen molar-refractivity contribution in [2.24, 2.45) is 5.92 Å². The maximum Gasteiger partial charge on any atom is 0.0908 e. The van der Waals surface area contributed by atoms with Crippen LogP contribution in [-0.2, 0) is 0 Å². The molecule has 0 saturated heterocycles. The first-order chi connectivity index (χ1) is 8.22. The van der Waals surface area contributed by atoms with Gasteiger partial charge in [0.05, 0.1) is 11.7 Å². The number of hydrogen-bond donors (Lipinski definition) is 2. The van der Waals surface area contributed by atoms with E-state index in [1.165, 1.54) is 38.5 Å². The fraction of sp³-hybridized carbons (Fsp3) is 1.00. The highest BCUT2D eigenvalue weighted by atomic mass is 16.3. The predicted octanol–water partition coefficient (Wildman–Crippen LogP) is 3.40. The molecule has 0 bridgehead atoms. The van der Waals surface area contributed by atoms with E-state index < -0.39 is 11.7 Å². The molecule has 2 fully saturated rings. The minimum Gasteiger partial charge on any atom is -0.390 e. The molecule has 2 nitrogen and oxygen atoms in total. The zero-order chi connectivity index (χ0) is 12.1. The third-order valence-corrected chi connectivity index (χ3v) is 4.87. The first kappa shape index (κ1) is 13.4. The van der Waals surface area contributed by atoms with Crippen LogP contribution in [0.25, 0.3) is 0 Å². The lowest BCUT2D eigenvalue weighted by Gasteiger charge is -2.36. The maximum atomic E-state index is 10.7. The van der Waals surface area contributed by atoms with Gasteiger partial charge in [-0.2, -0.15) is 0 Å². The lowest BCUT2D eigenvalue weighted by Crippen LogP contribution is -2.46. The highest BCUT2D eigenvalue weighted by Crippen LogP contribution is 2.37.